The van der Waals surface area contributed by atoms with Gasteiger partial charge in [-0.25, -0.2) is 4.98 Å². The van der Waals surface area contributed by atoms with Crippen molar-refractivity contribution in [1.82, 2.24) is 4.98 Å². The molecule has 0 unspecified atom stereocenters. The minimum atomic E-state index is -4.45. The number of nitrogens with two attached hydrogens (primary N) is 1. The van der Waals surface area contributed by atoms with E-state index in [1.807, 2.05) is 6.07 Å². The molecule has 8 heteroatoms. The minimum absolute atomic E-state index is 0.0372. The van der Waals surface area contributed by atoms with Gasteiger partial charge in [-0.15, -0.1) is 0 Å². The number of nitrogens with zero attached hydrogens (tertiary/aromatic N) is 2. The number of ether oxygens (including phenoxy) is 2. The Morgan fingerprint density at radius 3 is 2.21 bits per heavy atom. The van der Waals surface area contributed by atoms with Crippen LogP contribution >= 0.6 is 0 Å². The highest BCUT2D eigenvalue weighted by molar-refractivity contribution is 5.82. The summed E-state index contributed by atoms with van der Waals surface area (Å²) in [5.74, 6) is 1.02. The summed E-state index contributed by atoms with van der Waals surface area (Å²) < 4.78 is 49.2. The fourth-order valence-corrected chi connectivity index (χ4v) is 2.90. The average Bonchev–Trinajstić information content (AvgIpc) is 2.72. The van der Waals surface area contributed by atoms with Crippen molar-refractivity contribution >= 4 is 5.82 Å². The third-order valence-electron chi connectivity index (χ3n) is 4.37. The van der Waals surface area contributed by atoms with Crippen molar-refractivity contribution in [3.8, 4) is 40.0 Å². The Labute approximate surface area is 165 Å². The van der Waals surface area contributed by atoms with E-state index in [2.05, 4.69) is 4.98 Å². The lowest BCUT2D eigenvalue weighted by molar-refractivity contribution is -0.137. The number of halogens is 3. The van der Waals surface area contributed by atoms with Gasteiger partial charge in [0.15, 0.2) is 0 Å². The molecule has 1 heterocycles. The maximum atomic E-state index is 12.9. The molecule has 0 spiro atoms. The molecule has 0 saturated carbocycles. The first-order valence-electron chi connectivity index (χ1n) is 8.39. The smallest absolute Gasteiger partial charge is 0.416 e. The van der Waals surface area contributed by atoms with Crippen LogP contribution < -0.4 is 15.2 Å². The molecule has 0 bridgehead atoms. The zero-order valence-electron chi connectivity index (χ0n) is 15.5. The molecule has 0 saturated heterocycles. The zero-order valence-corrected chi connectivity index (χ0v) is 15.5. The normalized spacial score (nSPS) is 11.0. The third-order valence-corrected chi connectivity index (χ3v) is 4.37. The summed E-state index contributed by atoms with van der Waals surface area (Å²) in [7, 11) is 3.01. The molecule has 3 aromatic rings. The van der Waals surface area contributed by atoms with Crippen molar-refractivity contribution in [2.24, 2.45) is 0 Å². The van der Waals surface area contributed by atoms with Crippen LogP contribution in [0, 0.1) is 11.3 Å². The Hall–Kier alpha value is -3.73. The second-order valence-electron chi connectivity index (χ2n) is 6.07. The van der Waals surface area contributed by atoms with Gasteiger partial charge in [0.05, 0.1) is 25.5 Å². The quantitative estimate of drug-likeness (QED) is 0.675. The molecule has 148 valence electrons. The second-order valence-corrected chi connectivity index (χ2v) is 6.07. The van der Waals surface area contributed by atoms with Crippen LogP contribution in [0.3, 0.4) is 0 Å². The van der Waals surface area contributed by atoms with Gasteiger partial charge < -0.3 is 15.2 Å². The van der Waals surface area contributed by atoms with E-state index in [1.54, 1.807) is 24.3 Å². The molecule has 0 radical (unpaired) electrons. The van der Waals surface area contributed by atoms with Gasteiger partial charge in [-0.3, -0.25) is 0 Å². The van der Waals surface area contributed by atoms with E-state index in [0.29, 0.717) is 33.9 Å². The molecule has 0 aliphatic carbocycles. The summed E-state index contributed by atoms with van der Waals surface area (Å²) in [4.78, 5) is 4.28. The molecule has 5 nitrogen and oxygen atoms in total. The molecular weight excluding hydrogens is 383 g/mol. The maximum absolute atomic E-state index is 12.9. The molecule has 0 fully saturated rings. The number of pyridine rings is 1. The first-order valence-corrected chi connectivity index (χ1v) is 8.39. The van der Waals surface area contributed by atoms with Gasteiger partial charge in [0.2, 0.25) is 0 Å². The minimum Gasteiger partial charge on any atom is -0.497 e. The lowest BCUT2D eigenvalue weighted by Crippen LogP contribution is -2.04. The number of aromatic nitrogens is 1. The van der Waals surface area contributed by atoms with Crippen LogP contribution in [-0.2, 0) is 6.18 Å². The number of nitrogen functional groups attached to an aromatic ring is 1. The van der Waals surface area contributed by atoms with Gasteiger partial charge >= 0.3 is 6.18 Å². The van der Waals surface area contributed by atoms with Crippen molar-refractivity contribution in [3.05, 3.63) is 59.7 Å². The van der Waals surface area contributed by atoms with Crippen LogP contribution in [0.5, 0.6) is 11.5 Å². The number of benzene rings is 2. The summed E-state index contributed by atoms with van der Waals surface area (Å²) >= 11 is 0. The Morgan fingerprint density at radius 1 is 0.966 bits per heavy atom. The Kier molecular flexibility index (Phi) is 5.33. The summed E-state index contributed by atoms with van der Waals surface area (Å²) in [6.45, 7) is 0. The van der Waals surface area contributed by atoms with E-state index in [-0.39, 0.29) is 11.4 Å². The molecule has 3 rings (SSSR count). The lowest BCUT2D eigenvalue weighted by Gasteiger charge is -2.14. The number of alkyl halides is 3. The predicted octanol–water partition coefficient (Wildman–Crippen LogP) is 4.91. The van der Waals surface area contributed by atoms with Crippen molar-refractivity contribution in [2.75, 3.05) is 20.0 Å². The molecule has 1 aromatic heterocycles. The second kappa shape index (κ2) is 7.72. The predicted molar refractivity (Wildman–Crippen MR) is 102 cm³/mol. The third kappa shape index (κ3) is 3.94. The molecule has 0 aliphatic heterocycles. The van der Waals surface area contributed by atoms with Crippen molar-refractivity contribution in [3.63, 3.8) is 0 Å². The molecular formula is C21H16F3N3O2. The Morgan fingerprint density at radius 2 is 1.66 bits per heavy atom. The van der Waals surface area contributed by atoms with Crippen LogP contribution in [0.2, 0.25) is 0 Å². The summed E-state index contributed by atoms with van der Waals surface area (Å²) in [6.07, 6.45) is -4.45. The number of methoxy groups -OCH3 is 2. The van der Waals surface area contributed by atoms with Crippen LogP contribution in [-0.4, -0.2) is 19.2 Å². The highest BCUT2D eigenvalue weighted by Crippen LogP contribution is 2.37. The molecule has 2 N–H and O–H groups in total. The molecule has 0 atom stereocenters. The average molecular weight is 399 g/mol. The fourth-order valence-electron chi connectivity index (χ4n) is 2.90. The SMILES string of the molecule is COc1ccc(OC)c(-c2cc(-c3ccc(C(F)(F)F)cc3)c(C#N)c(N)n2)c1. The van der Waals surface area contributed by atoms with Crippen LogP contribution in [0.1, 0.15) is 11.1 Å². The molecule has 0 amide bonds. The molecule has 0 aliphatic rings. The van der Waals surface area contributed by atoms with E-state index in [1.165, 1.54) is 26.4 Å². The number of anilines is 1. The molecule has 2 aromatic carbocycles. The van der Waals surface area contributed by atoms with Crippen molar-refractivity contribution in [2.45, 2.75) is 6.18 Å². The molecule has 29 heavy (non-hydrogen) atoms. The zero-order chi connectivity index (χ0) is 21.2. The highest BCUT2D eigenvalue weighted by Gasteiger charge is 2.30. The van der Waals surface area contributed by atoms with Crippen LogP contribution in [0.4, 0.5) is 19.0 Å². The Balaban J connectivity index is 2.20. The van der Waals surface area contributed by atoms with Gasteiger partial charge in [0, 0.05) is 11.1 Å². The summed E-state index contributed by atoms with van der Waals surface area (Å²) in [6, 6.07) is 13.2. The largest absolute Gasteiger partial charge is 0.497 e. The standard InChI is InChI=1S/C21H16F3N3O2/c1-28-14-7-8-19(29-2)16(9-14)18-10-15(17(11-25)20(26)27-18)12-3-5-13(6-4-12)21(22,23)24/h3-10H,1-2H3,(H2,26,27). The first kappa shape index (κ1) is 20.0. The lowest BCUT2D eigenvalue weighted by atomic mass is 9.97. The first-order chi connectivity index (χ1) is 13.8. The Bertz CT molecular complexity index is 1090. The highest BCUT2D eigenvalue weighted by atomic mass is 19.4. The van der Waals surface area contributed by atoms with Crippen molar-refractivity contribution in [1.29, 1.82) is 5.26 Å². The van der Waals surface area contributed by atoms with Gasteiger partial charge in [0.1, 0.15) is 28.9 Å². The van der Waals surface area contributed by atoms with Gasteiger partial charge in [-0.1, -0.05) is 12.1 Å². The number of hydrogen-bond acceptors (Lipinski definition) is 5. The number of nitriles is 1. The maximum Gasteiger partial charge on any atom is 0.416 e. The van der Waals surface area contributed by atoms with Crippen LogP contribution in [0.15, 0.2) is 48.5 Å². The van der Waals surface area contributed by atoms with E-state index >= 15 is 0 Å². The van der Waals surface area contributed by atoms with E-state index in [4.69, 9.17) is 15.2 Å². The number of hydrogen-bond donors (Lipinski definition) is 1. The van der Waals surface area contributed by atoms with E-state index in [0.717, 1.165) is 12.1 Å². The van der Waals surface area contributed by atoms with Gasteiger partial charge in [0.25, 0.3) is 0 Å². The summed E-state index contributed by atoms with van der Waals surface area (Å²) in [5, 5.41) is 9.49. The summed E-state index contributed by atoms with van der Waals surface area (Å²) in [5.41, 5.74) is 7.02. The number of rotatable bonds is 4. The van der Waals surface area contributed by atoms with Crippen LogP contribution in [0.25, 0.3) is 22.4 Å². The van der Waals surface area contributed by atoms with Crippen molar-refractivity contribution < 1.29 is 22.6 Å². The monoisotopic (exact) mass is 399 g/mol. The van der Waals surface area contributed by atoms with Gasteiger partial charge in [-0.2, -0.15) is 18.4 Å². The van der Waals surface area contributed by atoms with Gasteiger partial charge in [-0.05, 0) is 42.0 Å². The van der Waals surface area contributed by atoms with E-state index < -0.39 is 11.7 Å². The fraction of sp³-hybridized carbons (Fsp3) is 0.143. The van der Waals surface area contributed by atoms with E-state index in [9.17, 15) is 18.4 Å². The topological polar surface area (TPSA) is 81.2 Å².